The van der Waals surface area contributed by atoms with Gasteiger partial charge in [-0.05, 0) is 44.9 Å². The molecule has 10 heteroatoms. The van der Waals surface area contributed by atoms with Crippen LogP contribution < -0.4 is 22.1 Å². The second-order valence-corrected chi connectivity index (χ2v) is 8.00. The average Bonchev–Trinajstić information content (AvgIpc) is 3.13. The third kappa shape index (κ3) is 4.18. The lowest BCUT2D eigenvalue weighted by atomic mass is 9.91. The first-order valence-corrected chi connectivity index (χ1v) is 10.2. The van der Waals surface area contributed by atoms with Gasteiger partial charge >= 0.3 is 0 Å². The molecule has 1 fully saturated rings. The van der Waals surface area contributed by atoms with Crippen molar-refractivity contribution in [3.05, 3.63) is 30.1 Å². The fourth-order valence-corrected chi connectivity index (χ4v) is 3.66. The maximum Gasteiger partial charge on any atom is 0.273 e. The number of primary amides is 1. The maximum absolute atomic E-state index is 11.8. The lowest BCUT2D eigenvalue weighted by molar-refractivity contribution is 0.0995. The van der Waals surface area contributed by atoms with Gasteiger partial charge in [0.25, 0.3) is 5.91 Å². The van der Waals surface area contributed by atoms with Crippen molar-refractivity contribution in [1.82, 2.24) is 25.0 Å². The van der Waals surface area contributed by atoms with Crippen LogP contribution in [-0.4, -0.2) is 43.0 Å². The Morgan fingerprint density at radius 1 is 1.23 bits per heavy atom. The van der Waals surface area contributed by atoms with E-state index in [4.69, 9.17) is 11.5 Å². The van der Waals surface area contributed by atoms with Crippen molar-refractivity contribution in [2.24, 2.45) is 11.5 Å². The standard InChI is InChI=1S/C20H27N9O/c1-11(2)29-10-12-7-8-13(9-16(12)28-29)23-19-17(18(22)30)26-27-20(25-19)24-15-6-4-3-5-14(15)21/h7-11,14-15H,3-6,21H2,1-2H3,(H2,22,30)(H2,23,24,25,27)/t14-,15+/m0/s1. The van der Waals surface area contributed by atoms with Crippen LogP contribution in [0.4, 0.5) is 17.5 Å². The van der Waals surface area contributed by atoms with E-state index in [0.717, 1.165) is 42.3 Å². The first kappa shape index (κ1) is 20.0. The number of nitrogens with zero attached hydrogens (tertiary/aromatic N) is 5. The van der Waals surface area contributed by atoms with Crippen molar-refractivity contribution in [3.8, 4) is 0 Å². The van der Waals surface area contributed by atoms with Crippen LogP contribution >= 0.6 is 0 Å². The van der Waals surface area contributed by atoms with Crippen LogP contribution in [0, 0.1) is 0 Å². The van der Waals surface area contributed by atoms with E-state index in [2.05, 4.69) is 44.8 Å². The molecule has 1 aliphatic carbocycles. The Balaban J connectivity index is 1.61. The Hall–Kier alpha value is -3.27. The molecule has 0 radical (unpaired) electrons. The minimum absolute atomic E-state index is 0.0266. The van der Waals surface area contributed by atoms with Crippen LogP contribution in [0.1, 0.15) is 56.1 Å². The molecule has 1 aliphatic rings. The number of hydrogen-bond donors (Lipinski definition) is 4. The molecule has 0 bridgehead atoms. The Morgan fingerprint density at radius 2 is 2.03 bits per heavy atom. The Bertz CT molecular complexity index is 1060. The zero-order chi connectivity index (χ0) is 21.3. The van der Waals surface area contributed by atoms with Gasteiger partial charge in [0.2, 0.25) is 5.95 Å². The van der Waals surface area contributed by atoms with Crippen molar-refractivity contribution in [1.29, 1.82) is 0 Å². The van der Waals surface area contributed by atoms with E-state index in [1.807, 2.05) is 29.1 Å². The summed E-state index contributed by atoms with van der Waals surface area (Å²) in [5.74, 6) is -0.148. The molecule has 4 rings (SSSR count). The molecule has 2 aromatic heterocycles. The first-order chi connectivity index (χ1) is 14.4. The van der Waals surface area contributed by atoms with Crippen LogP contribution in [0.3, 0.4) is 0 Å². The topological polar surface area (TPSA) is 150 Å². The normalized spacial score (nSPS) is 19.2. The van der Waals surface area contributed by atoms with Gasteiger partial charge in [-0.1, -0.05) is 12.8 Å². The number of fused-ring (bicyclic) bond motifs is 1. The molecule has 6 N–H and O–H groups in total. The molecule has 3 aromatic rings. The van der Waals surface area contributed by atoms with E-state index in [1.54, 1.807) is 0 Å². The van der Waals surface area contributed by atoms with Crippen molar-refractivity contribution in [2.75, 3.05) is 10.6 Å². The number of aromatic nitrogens is 5. The number of anilines is 3. The highest BCUT2D eigenvalue weighted by molar-refractivity contribution is 5.96. The number of nitrogens with one attached hydrogen (secondary N) is 2. The zero-order valence-electron chi connectivity index (χ0n) is 17.2. The molecule has 2 atom stereocenters. The van der Waals surface area contributed by atoms with Crippen molar-refractivity contribution in [2.45, 2.75) is 57.7 Å². The van der Waals surface area contributed by atoms with Crippen molar-refractivity contribution >= 4 is 34.3 Å². The lowest BCUT2D eigenvalue weighted by Gasteiger charge is -2.29. The van der Waals surface area contributed by atoms with Crippen LogP contribution in [0.25, 0.3) is 10.9 Å². The molecule has 158 valence electrons. The number of hydrogen-bond acceptors (Lipinski definition) is 8. The number of carbonyl (C=O) groups is 1. The van der Waals surface area contributed by atoms with Gasteiger partial charge < -0.3 is 22.1 Å². The van der Waals surface area contributed by atoms with Crippen LogP contribution in [-0.2, 0) is 0 Å². The molecule has 30 heavy (non-hydrogen) atoms. The highest BCUT2D eigenvalue weighted by Crippen LogP contribution is 2.24. The van der Waals surface area contributed by atoms with E-state index in [1.165, 1.54) is 0 Å². The van der Waals surface area contributed by atoms with E-state index in [-0.39, 0.29) is 29.6 Å². The summed E-state index contributed by atoms with van der Waals surface area (Å²) in [6.07, 6.45) is 6.13. The summed E-state index contributed by atoms with van der Waals surface area (Å²) in [5, 5.41) is 20.0. The third-order valence-electron chi connectivity index (χ3n) is 5.37. The molecule has 10 nitrogen and oxygen atoms in total. The number of nitrogens with two attached hydrogens (primary N) is 2. The molecular weight excluding hydrogens is 382 g/mol. The van der Waals surface area contributed by atoms with E-state index < -0.39 is 5.91 Å². The van der Waals surface area contributed by atoms with E-state index >= 15 is 0 Å². The van der Waals surface area contributed by atoms with Gasteiger partial charge in [0.15, 0.2) is 11.5 Å². The van der Waals surface area contributed by atoms with Crippen molar-refractivity contribution < 1.29 is 4.79 Å². The summed E-state index contributed by atoms with van der Waals surface area (Å²) in [5.41, 5.74) is 13.2. The average molecular weight is 409 g/mol. The lowest BCUT2D eigenvalue weighted by Crippen LogP contribution is -2.43. The predicted molar refractivity (Wildman–Crippen MR) is 116 cm³/mol. The smallest absolute Gasteiger partial charge is 0.273 e. The predicted octanol–water partition coefficient (Wildman–Crippen LogP) is 2.33. The highest BCUT2D eigenvalue weighted by atomic mass is 16.1. The van der Waals surface area contributed by atoms with Gasteiger partial charge in [0.1, 0.15) is 0 Å². The fraction of sp³-hybridized carbons (Fsp3) is 0.450. The fourth-order valence-electron chi connectivity index (χ4n) is 3.66. The second-order valence-electron chi connectivity index (χ2n) is 8.00. The number of carbonyl (C=O) groups excluding carboxylic acids is 1. The first-order valence-electron chi connectivity index (χ1n) is 10.2. The summed E-state index contributed by atoms with van der Waals surface area (Å²) in [4.78, 5) is 16.3. The second kappa shape index (κ2) is 8.23. The highest BCUT2D eigenvalue weighted by Gasteiger charge is 2.23. The van der Waals surface area contributed by atoms with Crippen LogP contribution in [0.2, 0.25) is 0 Å². The Morgan fingerprint density at radius 3 is 2.77 bits per heavy atom. The maximum atomic E-state index is 11.8. The van der Waals surface area contributed by atoms with E-state index in [0.29, 0.717) is 5.95 Å². The van der Waals surface area contributed by atoms with Gasteiger partial charge in [-0.15, -0.1) is 10.2 Å². The Kier molecular flexibility index (Phi) is 5.49. The minimum atomic E-state index is -0.705. The van der Waals surface area contributed by atoms with Gasteiger partial charge in [0, 0.05) is 35.4 Å². The van der Waals surface area contributed by atoms with Gasteiger partial charge in [0.05, 0.1) is 5.52 Å². The zero-order valence-corrected chi connectivity index (χ0v) is 17.2. The largest absolute Gasteiger partial charge is 0.364 e. The van der Waals surface area contributed by atoms with Crippen LogP contribution in [0.5, 0.6) is 0 Å². The molecule has 2 heterocycles. The number of rotatable bonds is 6. The molecule has 0 unspecified atom stereocenters. The summed E-state index contributed by atoms with van der Waals surface area (Å²) in [6, 6.07) is 6.12. The van der Waals surface area contributed by atoms with E-state index in [9.17, 15) is 4.79 Å². The van der Waals surface area contributed by atoms with Gasteiger partial charge in [-0.2, -0.15) is 10.1 Å². The summed E-state index contributed by atoms with van der Waals surface area (Å²) in [7, 11) is 0. The molecular formula is C20H27N9O. The quantitative estimate of drug-likeness (QED) is 0.484. The molecule has 1 aromatic carbocycles. The number of benzene rings is 1. The van der Waals surface area contributed by atoms with Gasteiger partial charge in [-0.25, -0.2) is 0 Å². The molecule has 0 saturated heterocycles. The number of amides is 1. The van der Waals surface area contributed by atoms with Gasteiger partial charge in [-0.3, -0.25) is 9.48 Å². The summed E-state index contributed by atoms with van der Waals surface area (Å²) < 4.78 is 1.91. The third-order valence-corrected chi connectivity index (χ3v) is 5.37. The molecule has 1 amide bonds. The molecule has 0 spiro atoms. The molecule has 1 saturated carbocycles. The van der Waals surface area contributed by atoms with Crippen molar-refractivity contribution in [3.63, 3.8) is 0 Å². The Labute approximate surface area is 174 Å². The molecule has 0 aliphatic heterocycles. The summed E-state index contributed by atoms with van der Waals surface area (Å²) >= 11 is 0. The van der Waals surface area contributed by atoms with Crippen LogP contribution in [0.15, 0.2) is 24.4 Å². The minimum Gasteiger partial charge on any atom is -0.364 e. The summed E-state index contributed by atoms with van der Waals surface area (Å²) in [6.45, 7) is 4.15. The monoisotopic (exact) mass is 409 g/mol. The SMILES string of the molecule is CC(C)n1cc2ccc(Nc3nc(N[C@@H]4CCCC[C@@H]4N)nnc3C(N)=O)cc2n1.